The van der Waals surface area contributed by atoms with E-state index in [1.54, 1.807) is 7.11 Å². The fourth-order valence-electron chi connectivity index (χ4n) is 2.29. The number of benzene rings is 2. The number of terminal acetylenes is 1. The zero-order valence-electron chi connectivity index (χ0n) is 13.3. The van der Waals surface area contributed by atoms with E-state index in [0.29, 0.717) is 19.0 Å². The van der Waals surface area contributed by atoms with Crippen LogP contribution < -0.4 is 10.1 Å². The first-order valence-corrected chi connectivity index (χ1v) is 7.50. The van der Waals surface area contributed by atoms with Crippen molar-refractivity contribution < 1.29 is 9.47 Å². The Balaban J connectivity index is 1.91. The third-order valence-corrected chi connectivity index (χ3v) is 3.45. The number of aromatic nitrogens is 2. The van der Waals surface area contributed by atoms with Crippen molar-refractivity contribution in [1.29, 1.82) is 0 Å². The quantitative estimate of drug-likeness (QED) is 0.557. The van der Waals surface area contributed by atoms with E-state index in [1.165, 1.54) is 6.33 Å². The molecule has 120 valence electrons. The number of nitrogens with zero attached hydrogens (tertiary/aromatic N) is 2. The van der Waals surface area contributed by atoms with Crippen LogP contribution in [0.3, 0.4) is 0 Å². The fraction of sp³-hybridized carbons (Fsp3) is 0.158. The Morgan fingerprint density at radius 2 is 2.04 bits per heavy atom. The van der Waals surface area contributed by atoms with Gasteiger partial charge in [-0.1, -0.05) is 12.0 Å². The van der Waals surface area contributed by atoms with Gasteiger partial charge in [0.25, 0.3) is 0 Å². The van der Waals surface area contributed by atoms with Crippen molar-refractivity contribution in [3.8, 4) is 18.1 Å². The van der Waals surface area contributed by atoms with Crippen LogP contribution in [0.25, 0.3) is 10.9 Å². The molecule has 0 aliphatic carbocycles. The van der Waals surface area contributed by atoms with Gasteiger partial charge in [-0.05, 0) is 36.4 Å². The number of rotatable bonds is 6. The molecule has 2 aromatic carbocycles. The maximum atomic E-state index is 5.66. The largest absolute Gasteiger partial charge is 0.491 e. The molecule has 3 aromatic rings. The molecule has 1 N–H and O–H groups in total. The van der Waals surface area contributed by atoms with E-state index in [2.05, 4.69) is 21.2 Å². The summed E-state index contributed by atoms with van der Waals surface area (Å²) in [5.74, 6) is 4.07. The number of ether oxygens (including phenoxy) is 2. The zero-order valence-corrected chi connectivity index (χ0v) is 13.3. The minimum atomic E-state index is 0.489. The second kappa shape index (κ2) is 7.44. The monoisotopic (exact) mass is 319 g/mol. The summed E-state index contributed by atoms with van der Waals surface area (Å²) in [4.78, 5) is 8.63. The molecule has 0 spiro atoms. The highest BCUT2D eigenvalue weighted by Crippen LogP contribution is 2.27. The van der Waals surface area contributed by atoms with Crippen LogP contribution in [0.5, 0.6) is 5.75 Å². The fourth-order valence-corrected chi connectivity index (χ4v) is 2.29. The van der Waals surface area contributed by atoms with Gasteiger partial charge in [0.15, 0.2) is 0 Å². The Hall–Kier alpha value is -3.10. The first-order chi connectivity index (χ1) is 11.8. The Morgan fingerprint density at radius 1 is 1.12 bits per heavy atom. The van der Waals surface area contributed by atoms with Crippen molar-refractivity contribution in [3.05, 3.63) is 54.4 Å². The number of methoxy groups -OCH3 is 1. The third-order valence-electron chi connectivity index (χ3n) is 3.45. The molecule has 0 radical (unpaired) electrons. The second-order valence-electron chi connectivity index (χ2n) is 5.09. The number of nitrogens with one attached hydrogen (secondary N) is 1. The molecule has 0 bridgehead atoms. The maximum absolute atomic E-state index is 5.66. The third kappa shape index (κ3) is 3.62. The molecule has 0 saturated carbocycles. The number of hydrogen-bond acceptors (Lipinski definition) is 5. The average molecular weight is 319 g/mol. The molecule has 5 nitrogen and oxygen atoms in total. The molecule has 24 heavy (non-hydrogen) atoms. The van der Waals surface area contributed by atoms with Gasteiger partial charge in [-0.25, -0.2) is 9.97 Å². The van der Waals surface area contributed by atoms with E-state index in [-0.39, 0.29) is 0 Å². The van der Waals surface area contributed by atoms with Gasteiger partial charge < -0.3 is 14.8 Å². The van der Waals surface area contributed by atoms with Gasteiger partial charge >= 0.3 is 0 Å². The van der Waals surface area contributed by atoms with Crippen LogP contribution in [0, 0.1) is 12.3 Å². The molecule has 3 rings (SSSR count). The molecule has 1 heterocycles. The summed E-state index contributed by atoms with van der Waals surface area (Å²) in [6.45, 7) is 1.02. The molecule has 0 aliphatic heterocycles. The summed E-state index contributed by atoms with van der Waals surface area (Å²) in [7, 11) is 1.64. The minimum Gasteiger partial charge on any atom is -0.491 e. The molecule has 0 atom stereocenters. The van der Waals surface area contributed by atoms with Gasteiger partial charge in [0.1, 0.15) is 24.5 Å². The Bertz CT molecular complexity index is 887. The Kier molecular flexibility index (Phi) is 4.90. The van der Waals surface area contributed by atoms with Crippen LogP contribution in [0.2, 0.25) is 0 Å². The SMILES string of the molecule is C#Cc1cccc(Nc2ncnc3ccc(OCCOC)cc23)c1. The van der Waals surface area contributed by atoms with Gasteiger partial charge in [0.2, 0.25) is 0 Å². The summed E-state index contributed by atoms with van der Waals surface area (Å²) in [5, 5.41) is 4.16. The van der Waals surface area contributed by atoms with Gasteiger partial charge in [-0.3, -0.25) is 0 Å². The molecule has 0 fully saturated rings. The lowest BCUT2D eigenvalue weighted by Crippen LogP contribution is -2.04. The lowest BCUT2D eigenvalue weighted by Gasteiger charge is -2.10. The van der Waals surface area contributed by atoms with E-state index < -0.39 is 0 Å². The topological polar surface area (TPSA) is 56.3 Å². The number of hydrogen-bond donors (Lipinski definition) is 1. The van der Waals surface area contributed by atoms with Crippen molar-refractivity contribution in [1.82, 2.24) is 9.97 Å². The van der Waals surface area contributed by atoms with Gasteiger partial charge in [0, 0.05) is 23.7 Å². The molecule has 5 heteroatoms. The Morgan fingerprint density at radius 3 is 2.88 bits per heavy atom. The zero-order chi connectivity index (χ0) is 16.8. The highest BCUT2D eigenvalue weighted by Gasteiger charge is 2.06. The molecule has 0 unspecified atom stereocenters. The highest BCUT2D eigenvalue weighted by atomic mass is 16.5. The molecule has 0 saturated heterocycles. The van der Waals surface area contributed by atoms with Gasteiger partial charge in [-0.15, -0.1) is 6.42 Å². The Labute approximate surface area is 140 Å². The summed E-state index contributed by atoms with van der Waals surface area (Å²) in [5.41, 5.74) is 2.51. The van der Waals surface area contributed by atoms with Crippen molar-refractivity contribution >= 4 is 22.4 Å². The van der Waals surface area contributed by atoms with E-state index in [4.69, 9.17) is 15.9 Å². The molecule has 0 amide bonds. The van der Waals surface area contributed by atoms with Crippen molar-refractivity contribution in [2.24, 2.45) is 0 Å². The van der Waals surface area contributed by atoms with Crippen LogP contribution in [0.1, 0.15) is 5.56 Å². The van der Waals surface area contributed by atoms with Crippen LogP contribution in [0.15, 0.2) is 48.8 Å². The standard InChI is InChI=1S/C19H17N3O2/c1-3-14-5-4-6-15(11-14)22-19-17-12-16(24-10-9-23-2)7-8-18(17)20-13-21-19/h1,4-8,11-13H,9-10H2,2H3,(H,20,21,22). The normalized spacial score (nSPS) is 10.3. The average Bonchev–Trinajstić information content (AvgIpc) is 2.62. The maximum Gasteiger partial charge on any atom is 0.141 e. The summed E-state index contributed by atoms with van der Waals surface area (Å²) in [6.07, 6.45) is 6.98. The number of fused-ring (bicyclic) bond motifs is 1. The van der Waals surface area contributed by atoms with Gasteiger partial charge in [0.05, 0.1) is 12.1 Å². The highest BCUT2D eigenvalue weighted by molar-refractivity contribution is 5.91. The van der Waals surface area contributed by atoms with E-state index in [9.17, 15) is 0 Å². The summed E-state index contributed by atoms with van der Waals surface area (Å²) < 4.78 is 10.7. The van der Waals surface area contributed by atoms with Crippen molar-refractivity contribution in [2.75, 3.05) is 25.6 Å². The molecular weight excluding hydrogens is 302 g/mol. The van der Waals surface area contributed by atoms with Crippen molar-refractivity contribution in [3.63, 3.8) is 0 Å². The van der Waals surface area contributed by atoms with Crippen LogP contribution in [-0.4, -0.2) is 30.3 Å². The van der Waals surface area contributed by atoms with Crippen molar-refractivity contribution in [2.45, 2.75) is 0 Å². The van der Waals surface area contributed by atoms with Crippen LogP contribution in [0.4, 0.5) is 11.5 Å². The number of anilines is 2. The first kappa shape index (κ1) is 15.8. The summed E-state index contributed by atoms with van der Waals surface area (Å²) in [6, 6.07) is 13.3. The van der Waals surface area contributed by atoms with Crippen LogP contribution >= 0.6 is 0 Å². The smallest absolute Gasteiger partial charge is 0.141 e. The lowest BCUT2D eigenvalue weighted by molar-refractivity contribution is 0.146. The summed E-state index contributed by atoms with van der Waals surface area (Å²) >= 11 is 0. The van der Waals surface area contributed by atoms with Gasteiger partial charge in [-0.2, -0.15) is 0 Å². The second-order valence-corrected chi connectivity index (χ2v) is 5.09. The van der Waals surface area contributed by atoms with Crippen LogP contribution in [-0.2, 0) is 4.74 Å². The van der Waals surface area contributed by atoms with E-state index in [0.717, 1.165) is 27.9 Å². The molecule has 1 aromatic heterocycles. The van der Waals surface area contributed by atoms with E-state index >= 15 is 0 Å². The minimum absolute atomic E-state index is 0.489. The van der Waals surface area contributed by atoms with E-state index in [1.807, 2.05) is 42.5 Å². The molecular formula is C19H17N3O2. The molecule has 0 aliphatic rings. The lowest BCUT2D eigenvalue weighted by atomic mass is 10.2. The predicted octanol–water partition coefficient (Wildman–Crippen LogP) is 3.38. The predicted molar refractivity (Wildman–Crippen MR) is 94.6 cm³/mol. The first-order valence-electron chi connectivity index (χ1n) is 7.50.